The number of carbonyl (C=O) groups is 3. The Balaban J connectivity index is 4.47. The lowest BCUT2D eigenvalue weighted by atomic mass is 10.1. The molecule has 1 atom stereocenters. The normalized spacial score (nSPS) is 12.8. The highest BCUT2D eigenvalue weighted by molar-refractivity contribution is 5.71. The third kappa shape index (κ3) is 55.1. The van der Waals surface area contributed by atoms with E-state index >= 15 is 0 Å². The Morgan fingerprint density at radius 1 is 0.304 bits per heavy atom. The molecule has 1 unspecified atom stereocenters. The second kappa shape index (κ2) is 56.9. The number of ether oxygens (including phenoxy) is 3. The molecule has 69 heavy (non-hydrogen) atoms. The van der Waals surface area contributed by atoms with Gasteiger partial charge in [-0.3, -0.25) is 14.4 Å². The van der Waals surface area contributed by atoms with E-state index in [0.717, 1.165) is 103 Å². The summed E-state index contributed by atoms with van der Waals surface area (Å²) in [6.07, 6.45) is 75.4. The van der Waals surface area contributed by atoms with Gasteiger partial charge >= 0.3 is 17.9 Å². The van der Waals surface area contributed by atoms with E-state index < -0.39 is 6.10 Å². The van der Waals surface area contributed by atoms with Crippen molar-refractivity contribution in [2.24, 2.45) is 0 Å². The van der Waals surface area contributed by atoms with Crippen LogP contribution in [0.4, 0.5) is 0 Å². The third-order valence-corrected chi connectivity index (χ3v) is 12.0. The Hall–Kier alpha value is -3.67. The van der Waals surface area contributed by atoms with Crippen molar-refractivity contribution in [2.45, 2.75) is 271 Å². The molecule has 6 nitrogen and oxygen atoms in total. The van der Waals surface area contributed by atoms with Crippen molar-refractivity contribution < 1.29 is 28.6 Å². The lowest BCUT2D eigenvalue weighted by Gasteiger charge is -2.18. The van der Waals surface area contributed by atoms with Crippen LogP contribution in [0.2, 0.25) is 0 Å². The van der Waals surface area contributed by atoms with E-state index in [1.54, 1.807) is 0 Å². The van der Waals surface area contributed by atoms with Gasteiger partial charge in [0.15, 0.2) is 6.10 Å². The van der Waals surface area contributed by atoms with Gasteiger partial charge in [-0.2, -0.15) is 0 Å². The molecule has 0 aromatic carbocycles. The van der Waals surface area contributed by atoms with Gasteiger partial charge < -0.3 is 14.2 Å². The number of allylic oxidation sites excluding steroid dienone is 16. The minimum atomic E-state index is -0.802. The zero-order chi connectivity index (χ0) is 50.0. The van der Waals surface area contributed by atoms with Crippen LogP contribution in [-0.2, 0) is 28.6 Å². The first-order valence-electron chi connectivity index (χ1n) is 28.7. The first-order chi connectivity index (χ1) is 34.0. The van der Waals surface area contributed by atoms with Crippen molar-refractivity contribution in [3.05, 3.63) is 97.2 Å². The van der Waals surface area contributed by atoms with Crippen molar-refractivity contribution in [3.8, 4) is 0 Å². The van der Waals surface area contributed by atoms with Crippen LogP contribution in [0.1, 0.15) is 265 Å². The second-order valence-electron chi connectivity index (χ2n) is 18.8. The highest BCUT2D eigenvalue weighted by Crippen LogP contribution is 2.14. The average Bonchev–Trinajstić information content (AvgIpc) is 3.35. The summed E-state index contributed by atoms with van der Waals surface area (Å²) in [5, 5.41) is 0. The summed E-state index contributed by atoms with van der Waals surface area (Å²) in [6.45, 7) is 6.46. The van der Waals surface area contributed by atoms with Gasteiger partial charge in [0.1, 0.15) is 13.2 Å². The molecule has 0 fully saturated rings. The molecule has 0 saturated carbocycles. The van der Waals surface area contributed by atoms with Gasteiger partial charge in [-0.25, -0.2) is 0 Å². The van der Waals surface area contributed by atoms with E-state index in [1.807, 2.05) is 0 Å². The Kier molecular flexibility index (Phi) is 53.9. The van der Waals surface area contributed by atoms with Crippen LogP contribution < -0.4 is 0 Å². The molecule has 0 saturated heterocycles. The zero-order valence-electron chi connectivity index (χ0n) is 45.0. The predicted molar refractivity (Wildman–Crippen MR) is 297 cm³/mol. The Labute approximate surface area is 426 Å². The molecule has 0 aromatic heterocycles. The van der Waals surface area contributed by atoms with Gasteiger partial charge in [0.25, 0.3) is 0 Å². The number of esters is 3. The van der Waals surface area contributed by atoms with E-state index in [4.69, 9.17) is 14.2 Å². The number of rotatable bonds is 51. The fraction of sp³-hybridized carbons (Fsp3) is 0.698. The third-order valence-electron chi connectivity index (χ3n) is 12.0. The van der Waals surface area contributed by atoms with Gasteiger partial charge in [0.2, 0.25) is 0 Å². The van der Waals surface area contributed by atoms with Crippen molar-refractivity contribution in [2.75, 3.05) is 13.2 Å². The minimum Gasteiger partial charge on any atom is -0.462 e. The predicted octanol–water partition coefficient (Wildman–Crippen LogP) is 19.3. The van der Waals surface area contributed by atoms with Crippen LogP contribution >= 0.6 is 0 Å². The molecule has 0 rings (SSSR count). The topological polar surface area (TPSA) is 78.9 Å². The molecule has 394 valence electrons. The quantitative estimate of drug-likeness (QED) is 0.0262. The molecule has 0 bridgehead atoms. The van der Waals surface area contributed by atoms with Crippen LogP contribution in [0.25, 0.3) is 0 Å². The highest BCUT2D eigenvalue weighted by Gasteiger charge is 2.19. The fourth-order valence-electron chi connectivity index (χ4n) is 7.73. The summed E-state index contributed by atoms with van der Waals surface area (Å²) >= 11 is 0. The molecule has 0 heterocycles. The Morgan fingerprint density at radius 3 is 0.942 bits per heavy atom. The Morgan fingerprint density at radius 2 is 0.565 bits per heavy atom. The number of unbranched alkanes of at least 4 members (excludes halogenated alkanes) is 24. The monoisotopic (exact) mass is 959 g/mol. The van der Waals surface area contributed by atoms with Gasteiger partial charge in [0, 0.05) is 19.3 Å². The second-order valence-corrected chi connectivity index (χ2v) is 18.8. The summed E-state index contributed by atoms with van der Waals surface area (Å²) < 4.78 is 16.8. The van der Waals surface area contributed by atoms with Crippen molar-refractivity contribution in [3.63, 3.8) is 0 Å². The lowest BCUT2D eigenvalue weighted by molar-refractivity contribution is -0.167. The summed E-state index contributed by atoms with van der Waals surface area (Å²) in [4.78, 5) is 38.1. The van der Waals surface area contributed by atoms with Gasteiger partial charge in [-0.1, -0.05) is 221 Å². The van der Waals surface area contributed by atoms with Crippen LogP contribution in [0.3, 0.4) is 0 Å². The van der Waals surface area contributed by atoms with Crippen LogP contribution in [0.5, 0.6) is 0 Å². The molecule has 0 radical (unpaired) electrons. The smallest absolute Gasteiger partial charge is 0.306 e. The summed E-state index contributed by atoms with van der Waals surface area (Å²) in [5.41, 5.74) is 0. The van der Waals surface area contributed by atoms with E-state index in [0.29, 0.717) is 19.3 Å². The first-order valence-corrected chi connectivity index (χ1v) is 28.7. The maximum atomic E-state index is 12.9. The molecule has 0 spiro atoms. The van der Waals surface area contributed by atoms with Gasteiger partial charge in [0.05, 0.1) is 0 Å². The summed E-state index contributed by atoms with van der Waals surface area (Å²) in [7, 11) is 0. The zero-order valence-corrected chi connectivity index (χ0v) is 45.0. The molecular formula is C63H106O6. The maximum absolute atomic E-state index is 12.9. The van der Waals surface area contributed by atoms with Crippen molar-refractivity contribution in [1.29, 1.82) is 0 Å². The molecular weight excluding hydrogens is 853 g/mol. The maximum Gasteiger partial charge on any atom is 0.306 e. The number of hydrogen-bond donors (Lipinski definition) is 0. The van der Waals surface area contributed by atoms with E-state index in [2.05, 4.69) is 118 Å². The average molecular weight is 960 g/mol. The van der Waals surface area contributed by atoms with E-state index in [9.17, 15) is 14.4 Å². The largest absolute Gasteiger partial charge is 0.462 e. The van der Waals surface area contributed by atoms with Gasteiger partial charge in [-0.05, 0) is 122 Å². The Bertz CT molecular complexity index is 1380. The number of hydrogen-bond acceptors (Lipinski definition) is 6. The van der Waals surface area contributed by atoms with E-state index in [1.165, 1.54) is 122 Å². The summed E-state index contributed by atoms with van der Waals surface area (Å²) in [6, 6.07) is 0. The van der Waals surface area contributed by atoms with Crippen LogP contribution in [0, 0.1) is 0 Å². The lowest BCUT2D eigenvalue weighted by Crippen LogP contribution is -2.30. The van der Waals surface area contributed by atoms with Crippen molar-refractivity contribution in [1.82, 2.24) is 0 Å². The minimum absolute atomic E-state index is 0.0977. The fourth-order valence-corrected chi connectivity index (χ4v) is 7.73. The van der Waals surface area contributed by atoms with Crippen LogP contribution in [-0.4, -0.2) is 37.2 Å². The summed E-state index contributed by atoms with van der Waals surface area (Å²) in [5.74, 6) is -0.952. The van der Waals surface area contributed by atoms with Crippen LogP contribution in [0.15, 0.2) is 97.2 Å². The van der Waals surface area contributed by atoms with Crippen molar-refractivity contribution >= 4 is 17.9 Å². The molecule has 0 aromatic rings. The highest BCUT2D eigenvalue weighted by atomic mass is 16.6. The van der Waals surface area contributed by atoms with E-state index in [-0.39, 0.29) is 31.1 Å². The first kappa shape index (κ1) is 65.3. The standard InChI is InChI=1S/C63H106O6/c1-4-7-10-13-16-19-22-25-27-29-30-31-32-34-35-38-41-44-47-50-53-56-62(65)68-59-60(58-67-61(64)55-52-49-46-43-40-37-24-21-18-15-12-9-6-3)69-63(66)57-54-51-48-45-42-39-36-33-28-26-23-20-17-14-11-8-5-2/h7,10,16,19,21,24-28,30-31,34-35,41,44,60H,4-6,8-9,11-15,17-18,20,22-23,29,32-33,36-40,42-43,45-59H2,1-3H3/b10-7-,19-16-,24-21-,27-25-,28-26-,31-30-,35-34-,44-41-. The molecule has 6 heteroatoms. The molecule has 0 aliphatic rings. The molecule has 0 N–H and O–H groups in total. The SMILES string of the molecule is CC/C=C\C/C=C\C/C=C\C/C=C\C/C=C\C/C=C\CCCCC(=O)OCC(COC(=O)CCCCCCC/C=C\CCCCCC)OC(=O)CCCCCCCCC/C=C\CCCCCCCC. The molecule has 0 aliphatic carbocycles. The van der Waals surface area contributed by atoms with Gasteiger partial charge in [-0.15, -0.1) is 0 Å². The number of carbonyl (C=O) groups excluding carboxylic acids is 3. The molecule has 0 aliphatic heterocycles. The molecule has 0 amide bonds.